The van der Waals surface area contributed by atoms with Crippen LogP contribution in [0.4, 0.5) is 0 Å². The maximum absolute atomic E-state index is 5.81. The van der Waals surface area contributed by atoms with Gasteiger partial charge in [0.1, 0.15) is 11.5 Å². The van der Waals surface area contributed by atoms with Gasteiger partial charge in [-0.25, -0.2) is 4.98 Å². The third kappa shape index (κ3) is 2.56. The van der Waals surface area contributed by atoms with Crippen molar-refractivity contribution < 1.29 is 9.15 Å². The molecule has 120 valence electrons. The first kappa shape index (κ1) is 14.6. The Labute approximate surface area is 140 Å². The number of benzene rings is 2. The van der Waals surface area contributed by atoms with Gasteiger partial charge in [-0.1, -0.05) is 24.3 Å². The van der Waals surface area contributed by atoms with Gasteiger partial charge in [0.2, 0.25) is 0 Å². The summed E-state index contributed by atoms with van der Waals surface area (Å²) < 4.78 is 13.2. The van der Waals surface area contributed by atoms with E-state index in [2.05, 4.69) is 22.8 Å². The van der Waals surface area contributed by atoms with Gasteiger partial charge in [-0.05, 0) is 48.9 Å². The van der Waals surface area contributed by atoms with E-state index in [0.29, 0.717) is 0 Å². The molecule has 0 spiro atoms. The lowest BCUT2D eigenvalue weighted by molar-refractivity contribution is 0.414. The van der Waals surface area contributed by atoms with E-state index in [4.69, 9.17) is 14.1 Å². The van der Waals surface area contributed by atoms with Crippen molar-refractivity contribution in [3.63, 3.8) is 0 Å². The van der Waals surface area contributed by atoms with Crippen molar-refractivity contribution in [2.24, 2.45) is 0 Å². The Hall–Kier alpha value is -3.01. The fourth-order valence-corrected chi connectivity index (χ4v) is 2.89. The molecule has 0 aliphatic heterocycles. The number of furan rings is 1. The van der Waals surface area contributed by atoms with Gasteiger partial charge >= 0.3 is 0 Å². The summed E-state index contributed by atoms with van der Waals surface area (Å²) in [5.74, 6) is 3.38. The number of ether oxygens (including phenoxy) is 1. The number of fused-ring (bicyclic) bond motifs is 1. The molecule has 0 aliphatic rings. The van der Waals surface area contributed by atoms with Crippen LogP contribution in [-0.4, -0.2) is 16.7 Å². The van der Waals surface area contributed by atoms with Crippen LogP contribution in [0.2, 0.25) is 0 Å². The molecule has 4 heteroatoms. The molecule has 0 aliphatic carbocycles. The highest BCUT2D eigenvalue weighted by Crippen LogP contribution is 2.27. The fraction of sp³-hybridized carbons (Fsp3) is 0.150. The van der Waals surface area contributed by atoms with Gasteiger partial charge < -0.3 is 13.7 Å². The fourth-order valence-electron chi connectivity index (χ4n) is 2.89. The van der Waals surface area contributed by atoms with Crippen LogP contribution in [0.5, 0.6) is 5.75 Å². The highest BCUT2D eigenvalue weighted by Gasteiger charge is 2.15. The molecule has 0 N–H and O–H groups in total. The summed E-state index contributed by atoms with van der Waals surface area (Å²) in [6.07, 6.45) is 0. The average Bonchev–Trinajstić information content (AvgIpc) is 3.20. The molecule has 2 aromatic carbocycles. The standard InChI is InChI=1S/C20H18N2O2/c1-14-7-12-19(24-14)20-21-17-5-3-4-6-18(17)22(20)13-15-8-10-16(23-2)11-9-15/h3-12H,13H2,1-2H3. The lowest BCUT2D eigenvalue weighted by Gasteiger charge is -2.09. The van der Waals surface area contributed by atoms with Gasteiger partial charge in [-0.15, -0.1) is 0 Å². The Kier molecular flexibility index (Phi) is 3.58. The topological polar surface area (TPSA) is 40.2 Å². The van der Waals surface area contributed by atoms with Gasteiger partial charge in [0.05, 0.1) is 18.1 Å². The molecule has 24 heavy (non-hydrogen) atoms. The first-order chi connectivity index (χ1) is 11.7. The maximum atomic E-state index is 5.81. The number of para-hydroxylation sites is 2. The highest BCUT2D eigenvalue weighted by molar-refractivity contribution is 5.79. The predicted octanol–water partition coefficient (Wildman–Crippen LogP) is 4.66. The molecule has 0 unspecified atom stereocenters. The molecule has 0 fully saturated rings. The Morgan fingerprint density at radius 2 is 1.79 bits per heavy atom. The normalized spacial score (nSPS) is 11.1. The molecule has 2 heterocycles. The molecule has 0 bridgehead atoms. The van der Waals surface area contributed by atoms with Crippen LogP contribution in [0.1, 0.15) is 11.3 Å². The van der Waals surface area contributed by atoms with Crippen LogP contribution >= 0.6 is 0 Å². The summed E-state index contributed by atoms with van der Waals surface area (Å²) in [4.78, 5) is 4.77. The number of nitrogens with zero attached hydrogens (tertiary/aromatic N) is 2. The molecule has 4 aromatic rings. The van der Waals surface area contributed by atoms with Crippen molar-refractivity contribution in [2.75, 3.05) is 7.11 Å². The highest BCUT2D eigenvalue weighted by atomic mass is 16.5. The number of rotatable bonds is 4. The minimum Gasteiger partial charge on any atom is -0.497 e. The van der Waals surface area contributed by atoms with Crippen molar-refractivity contribution in [2.45, 2.75) is 13.5 Å². The molecule has 0 atom stereocenters. The smallest absolute Gasteiger partial charge is 0.177 e. The van der Waals surface area contributed by atoms with Gasteiger partial charge in [-0.3, -0.25) is 0 Å². The number of hydrogen-bond donors (Lipinski definition) is 0. The van der Waals surface area contributed by atoms with E-state index < -0.39 is 0 Å². The van der Waals surface area contributed by atoms with Crippen molar-refractivity contribution in [3.8, 4) is 17.3 Å². The number of aromatic nitrogens is 2. The maximum Gasteiger partial charge on any atom is 0.177 e. The van der Waals surface area contributed by atoms with E-state index in [-0.39, 0.29) is 0 Å². The number of methoxy groups -OCH3 is 1. The van der Waals surface area contributed by atoms with Crippen molar-refractivity contribution in [1.29, 1.82) is 0 Å². The zero-order chi connectivity index (χ0) is 16.5. The summed E-state index contributed by atoms with van der Waals surface area (Å²) in [7, 11) is 1.68. The summed E-state index contributed by atoms with van der Waals surface area (Å²) in [6, 6.07) is 20.2. The van der Waals surface area contributed by atoms with Crippen molar-refractivity contribution in [1.82, 2.24) is 9.55 Å². The number of hydrogen-bond acceptors (Lipinski definition) is 3. The van der Waals surface area contributed by atoms with Crippen LogP contribution in [0.3, 0.4) is 0 Å². The predicted molar refractivity (Wildman–Crippen MR) is 94.3 cm³/mol. The molecule has 0 radical (unpaired) electrons. The van der Waals surface area contributed by atoms with Crippen LogP contribution in [0, 0.1) is 6.92 Å². The third-order valence-corrected chi connectivity index (χ3v) is 4.12. The quantitative estimate of drug-likeness (QED) is 0.549. The minimum atomic E-state index is 0.722. The largest absolute Gasteiger partial charge is 0.497 e. The number of imidazole rings is 1. The average molecular weight is 318 g/mol. The van der Waals surface area contributed by atoms with Crippen LogP contribution < -0.4 is 4.74 Å². The molecule has 0 amide bonds. The first-order valence-electron chi connectivity index (χ1n) is 7.89. The summed E-state index contributed by atoms with van der Waals surface area (Å²) in [6.45, 7) is 2.67. The van der Waals surface area contributed by atoms with E-state index in [9.17, 15) is 0 Å². The lowest BCUT2D eigenvalue weighted by Crippen LogP contribution is -2.02. The zero-order valence-electron chi connectivity index (χ0n) is 13.7. The van der Waals surface area contributed by atoms with E-state index in [1.165, 1.54) is 5.56 Å². The lowest BCUT2D eigenvalue weighted by atomic mass is 10.2. The monoisotopic (exact) mass is 318 g/mol. The van der Waals surface area contributed by atoms with Gasteiger partial charge in [0.15, 0.2) is 11.6 Å². The Bertz CT molecular complexity index is 980. The second-order valence-electron chi connectivity index (χ2n) is 5.77. The molecule has 0 saturated heterocycles. The molecule has 4 nitrogen and oxygen atoms in total. The van der Waals surface area contributed by atoms with E-state index in [0.717, 1.165) is 40.7 Å². The number of aryl methyl sites for hydroxylation is 1. The van der Waals surface area contributed by atoms with E-state index in [1.807, 2.05) is 49.4 Å². The van der Waals surface area contributed by atoms with Crippen molar-refractivity contribution >= 4 is 11.0 Å². The van der Waals surface area contributed by atoms with E-state index in [1.54, 1.807) is 7.11 Å². The second kappa shape index (κ2) is 5.89. The summed E-state index contributed by atoms with van der Waals surface area (Å²) in [5, 5.41) is 0. The second-order valence-corrected chi connectivity index (χ2v) is 5.77. The Morgan fingerprint density at radius 1 is 1.00 bits per heavy atom. The molecular weight excluding hydrogens is 300 g/mol. The first-order valence-corrected chi connectivity index (χ1v) is 7.89. The van der Waals surface area contributed by atoms with Gasteiger partial charge in [0, 0.05) is 6.54 Å². The molecule has 4 rings (SSSR count). The Morgan fingerprint density at radius 3 is 2.50 bits per heavy atom. The SMILES string of the molecule is COc1ccc(Cn2c(-c3ccc(C)o3)nc3ccccc32)cc1. The van der Waals surface area contributed by atoms with E-state index >= 15 is 0 Å². The Balaban J connectivity index is 1.82. The summed E-state index contributed by atoms with van der Waals surface area (Å²) >= 11 is 0. The zero-order valence-corrected chi connectivity index (χ0v) is 13.7. The van der Waals surface area contributed by atoms with Crippen LogP contribution in [0.15, 0.2) is 65.1 Å². The molecule has 0 saturated carbocycles. The van der Waals surface area contributed by atoms with Crippen molar-refractivity contribution in [3.05, 3.63) is 72.0 Å². The third-order valence-electron chi connectivity index (χ3n) is 4.12. The summed E-state index contributed by atoms with van der Waals surface area (Å²) in [5.41, 5.74) is 3.25. The van der Waals surface area contributed by atoms with Crippen LogP contribution in [-0.2, 0) is 6.54 Å². The molecular formula is C20H18N2O2. The van der Waals surface area contributed by atoms with Gasteiger partial charge in [0.25, 0.3) is 0 Å². The van der Waals surface area contributed by atoms with Gasteiger partial charge in [-0.2, -0.15) is 0 Å². The van der Waals surface area contributed by atoms with Crippen LogP contribution in [0.25, 0.3) is 22.6 Å². The minimum absolute atomic E-state index is 0.722. The molecule has 2 aromatic heterocycles.